The standard InChI is InChI=1S/C15H13Br2ClO/c1-9-3-5-11(18)8-12(9)15(17)10-4-6-14(19-2)13(16)7-10/h3-8,15H,1-2H3. The molecule has 100 valence electrons. The summed E-state index contributed by atoms with van der Waals surface area (Å²) < 4.78 is 6.19. The third-order valence-corrected chi connectivity index (χ3v) is 4.86. The lowest BCUT2D eigenvalue weighted by Gasteiger charge is -2.15. The summed E-state index contributed by atoms with van der Waals surface area (Å²) >= 11 is 13.3. The Bertz CT molecular complexity index is 599. The molecule has 1 nitrogen and oxygen atoms in total. The van der Waals surface area contributed by atoms with Crippen molar-refractivity contribution in [2.45, 2.75) is 11.8 Å². The van der Waals surface area contributed by atoms with Crippen LogP contribution in [0.2, 0.25) is 5.02 Å². The lowest BCUT2D eigenvalue weighted by Crippen LogP contribution is -1.96. The van der Waals surface area contributed by atoms with Crippen molar-refractivity contribution in [2.24, 2.45) is 0 Å². The number of alkyl halides is 1. The van der Waals surface area contributed by atoms with Crippen molar-refractivity contribution in [3.05, 3.63) is 62.6 Å². The normalized spacial score (nSPS) is 12.3. The van der Waals surface area contributed by atoms with Crippen LogP contribution in [-0.2, 0) is 0 Å². The molecule has 4 heteroatoms. The molecule has 1 unspecified atom stereocenters. The van der Waals surface area contributed by atoms with E-state index in [0.29, 0.717) is 0 Å². The Morgan fingerprint density at radius 1 is 1.16 bits per heavy atom. The molecular weight excluding hydrogens is 391 g/mol. The average Bonchev–Trinajstić information content (AvgIpc) is 2.40. The molecule has 2 rings (SSSR count). The van der Waals surface area contributed by atoms with E-state index in [2.05, 4.69) is 44.8 Å². The van der Waals surface area contributed by atoms with E-state index < -0.39 is 0 Å². The number of methoxy groups -OCH3 is 1. The van der Waals surface area contributed by atoms with Crippen LogP contribution in [0.3, 0.4) is 0 Å². The summed E-state index contributed by atoms with van der Waals surface area (Å²) in [6.45, 7) is 2.08. The average molecular weight is 405 g/mol. The van der Waals surface area contributed by atoms with Gasteiger partial charge in [0.05, 0.1) is 16.4 Å². The molecule has 1 atom stereocenters. The summed E-state index contributed by atoms with van der Waals surface area (Å²) in [7, 11) is 1.66. The second-order valence-electron chi connectivity index (χ2n) is 4.26. The third-order valence-electron chi connectivity index (χ3n) is 2.98. The van der Waals surface area contributed by atoms with Gasteiger partial charge in [0.15, 0.2) is 0 Å². The minimum Gasteiger partial charge on any atom is -0.496 e. The van der Waals surface area contributed by atoms with Crippen LogP contribution >= 0.6 is 43.5 Å². The molecule has 0 bridgehead atoms. The lowest BCUT2D eigenvalue weighted by atomic mass is 10.0. The van der Waals surface area contributed by atoms with Gasteiger partial charge in [-0.3, -0.25) is 0 Å². The van der Waals surface area contributed by atoms with Crippen molar-refractivity contribution < 1.29 is 4.74 Å². The predicted molar refractivity (Wildman–Crippen MR) is 87.7 cm³/mol. The van der Waals surface area contributed by atoms with Gasteiger partial charge in [-0.25, -0.2) is 0 Å². The molecule has 0 fully saturated rings. The maximum atomic E-state index is 6.08. The van der Waals surface area contributed by atoms with Gasteiger partial charge in [0.25, 0.3) is 0 Å². The molecule has 0 N–H and O–H groups in total. The molecule has 19 heavy (non-hydrogen) atoms. The molecule has 0 aliphatic heterocycles. The van der Waals surface area contributed by atoms with E-state index in [9.17, 15) is 0 Å². The van der Waals surface area contributed by atoms with Gasteiger partial charge in [0, 0.05) is 5.02 Å². The highest BCUT2D eigenvalue weighted by Crippen LogP contribution is 2.37. The van der Waals surface area contributed by atoms with Crippen molar-refractivity contribution in [1.82, 2.24) is 0 Å². The second kappa shape index (κ2) is 6.29. The summed E-state index contributed by atoms with van der Waals surface area (Å²) in [5, 5.41) is 0.748. The van der Waals surface area contributed by atoms with Crippen molar-refractivity contribution in [3.8, 4) is 5.75 Å². The first kappa shape index (κ1) is 14.9. The van der Waals surface area contributed by atoms with E-state index in [1.54, 1.807) is 7.11 Å². The Balaban J connectivity index is 2.41. The van der Waals surface area contributed by atoms with Crippen LogP contribution in [0.15, 0.2) is 40.9 Å². The van der Waals surface area contributed by atoms with Gasteiger partial charge >= 0.3 is 0 Å². The Morgan fingerprint density at radius 3 is 2.53 bits per heavy atom. The number of benzene rings is 2. The van der Waals surface area contributed by atoms with Crippen LogP contribution in [0.4, 0.5) is 0 Å². The molecule has 2 aromatic carbocycles. The minimum atomic E-state index is 0.105. The number of rotatable bonds is 3. The fraction of sp³-hybridized carbons (Fsp3) is 0.200. The topological polar surface area (TPSA) is 9.23 Å². The first-order valence-electron chi connectivity index (χ1n) is 5.76. The van der Waals surface area contributed by atoms with Crippen molar-refractivity contribution in [1.29, 1.82) is 0 Å². The number of hydrogen-bond donors (Lipinski definition) is 0. The molecule has 0 saturated heterocycles. The molecule has 2 aromatic rings. The smallest absolute Gasteiger partial charge is 0.133 e. The Labute approximate surface area is 135 Å². The fourth-order valence-electron chi connectivity index (χ4n) is 1.90. The first-order valence-corrected chi connectivity index (χ1v) is 7.85. The maximum absolute atomic E-state index is 6.08. The van der Waals surface area contributed by atoms with Crippen LogP contribution in [0, 0.1) is 6.92 Å². The highest BCUT2D eigenvalue weighted by atomic mass is 79.9. The van der Waals surface area contributed by atoms with Gasteiger partial charge in [-0.2, -0.15) is 0 Å². The van der Waals surface area contributed by atoms with E-state index in [4.69, 9.17) is 16.3 Å². The van der Waals surface area contributed by atoms with E-state index in [0.717, 1.165) is 20.8 Å². The third kappa shape index (κ3) is 3.33. The number of hydrogen-bond acceptors (Lipinski definition) is 1. The number of halogens is 3. The van der Waals surface area contributed by atoms with Gasteiger partial charge in [-0.1, -0.05) is 39.7 Å². The summed E-state index contributed by atoms with van der Waals surface area (Å²) in [6.07, 6.45) is 0. The molecule has 0 saturated carbocycles. The zero-order valence-electron chi connectivity index (χ0n) is 10.6. The Morgan fingerprint density at radius 2 is 1.89 bits per heavy atom. The number of ether oxygens (including phenoxy) is 1. The minimum absolute atomic E-state index is 0.105. The fourth-order valence-corrected chi connectivity index (χ4v) is 3.42. The molecule has 0 heterocycles. The zero-order valence-corrected chi connectivity index (χ0v) is 14.5. The van der Waals surface area contributed by atoms with E-state index >= 15 is 0 Å². The lowest BCUT2D eigenvalue weighted by molar-refractivity contribution is 0.412. The van der Waals surface area contributed by atoms with Crippen molar-refractivity contribution in [2.75, 3.05) is 7.11 Å². The molecule has 0 spiro atoms. The Kier molecular flexibility index (Phi) is 4.93. The van der Waals surface area contributed by atoms with Crippen LogP contribution in [0.25, 0.3) is 0 Å². The van der Waals surface area contributed by atoms with Crippen LogP contribution < -0.4 is 4.74 Å². The van der Waals surface area contributed by atoms with E-state index in [1.165, 1.54) is 11.1 Å². The highest BCUT2D eigenvalue weighted by Gasteiger charge is 2.14. The van der Waals surface area contributed by atoms with Crippen LogP contribution in [0.1, 0.15) is 21.5 Å². The van der Waals surface area contributed by atoms with E-state index in [-0.39, 0.29) is 4.83 Å². The zero-order chi connectivity index (χ0) is 14.0. The summed E-state index contributed by atoms with van der Waals surface area (Å²) in [5.41, 5.74) is 3.53. The summed E-state index contributed by atoms with van der Waals surface area (Å²) in [5.74, 6) is 0.825. The van der Waals surface area contributed by atoms with Crippen LogP contribution in [0.5, 0.6) is 5.75 Å². The molecule has 0 aliphatic carbocycles. The largest absolute Gasteiger partial charge is 0.496 e. The maximum Gasteiger partial charge on any atom is 0.133 e. The highest BCUT2D eigenvalue weighted by molar-refractivity contribution is 9.10. The van der Waals surface area contributed by atoms with Gasteiger partial charge in [-0.05, 0) is 63.8 Å². The first-order chi connectivity index (χ1) is 9.02. The van der Waals surface area contributed by atoms with E-state index in [1.807, 2.05) is 30.3 Å². The van der Waals surface area contributed by atoms with Gasteiger partial charge < -0.3 is 4.74 Å². The predicted octanol–water partition coefficient (Wildman–Crippen LogP) is 5.90. The van der Waals surface area contributed by atoms with Gasteiger partial charge in [-0.15, -0.1) is 0 Å². The van der Waals surface area contributed by atoms with Gasteiger partial charge in [0.2, 0.25) is 0 Å². The SMILES string of the molecule is COc1ccc(C(Br)c2cc(Cl)ccc2C)cc1Br. The van der Waals surface area contributed by atoms with Crippen LogP contribution in [-0.4, -0.2) is 7.11 Å². The monoisotopic (exact) mass is 402 g/mol. The van der Waals surface area contributed by atoms with Crippen molar-refractivity contribution in [3.63, 3.8) is 0 Å². The molecule has 0 aliphatic rings. The molecular formula is C15H13Br2ClO. The number of aryl methyl sites for hydroxylation is 1. The summed E-state index contributed by atoms with van der Waals surface area (Å²) in [4.78, 5) is 0.105. The Hall–Kier alpha value is -0.510. The molecule has 0 aromatic heterocycles. The van der Waals surface area contributed by atoms with Crippen molar-refractivity contribution >= 4 is 43.5 Å². The molecule has 0 radical (unpaired) electrons. The quantitative estimate of drug-likeness (QED) is 0.579. The molecule has 0 amide bonds. The second-order valence-corrected chi connectivity index (χ2v) is 6.46. The van der Waals surface area contributed by atoms with Gasteiger partial charge in [0.1, 0.15) is 5.75 Å². The summed E-state index contributed by atoms with van der Waals surface area (Å²) in [6, 6.07) is 12.0.